The van der Waals surface area contributed by atoms with E-state index in [1.165, 1.54) is 16.8 Å². The van der Waals surface area contributed by atoms with E-state index in [4.69, 9.17) is 0 Å². The molecule has 0 saturated carbocycles. The normalized spacial score (nSPS) is 10.3. The molecule has 0 aliphatic heterocycles. The Morgan fingerprint density at radius 1 is 1.40 bits per heavy atom. The molecule has 4 heteroatoms. The second-order valence-electron chi connectivity index (χ2n) is 3.26. The van der Waals surface area contributed by atoms with Gasteiger partial charge in [-0.1, -0.05) is 0 Å². The molecule has 0 N–H and O–H groups in total. The predicted octanol–water partition coefficient (Wildman–Crippen LogP) is 2.13. The lowest BCUT2D eigenvalue weighted by atomic mass is 10.2. The molecule has 1 aromatic heterocycles. The number of halogens is 1. The van der Waals surface area contributed by atoms with E-state index in [1.54, 1.807) is 12.3 Å². The van der Waals surface area contributed by atoms with Gasteiger partial charge in [0.2, 0.25) is 0 Å². The van der Waals surface area contributed by atoms with Crippen LogP contribution in [0.2, 0.25) is 0 Å². The van der Waals surface area contributed by atoms with Crippen molar-refractivity contribution in [1.82, 2.24) is 9.78 Å². The van der Waals surface area contributed by atoms with Crippen LogP contribution in [-0.4, -0.2) is 16.1 Å². The Hall–Kier alpha value is -1.97. The van der Waals surface area contributed by atoms with Crippen molar-refractivity contribution in [3.63, 3.8) is 0 Å². The van der Waals surface area contributed by atoms with Crippen LogP contribution in [0.15, 0.2) is 30.5 Å². The Labute approximate surface area is 86.2 Å². The highest BCUT2D eigenvalue weighted by atomic mass is 19.1. The van der Waals surface area contributed by atoms with Gasteiger partial charge in [0.15, 0.2) is 0 Å². The largest absolute Gasteiger partial charge is 0.298 e. The maximum Gasteiger partial charge on any atom is 0.150 e. The molecule has 0 aliphatic rings. The topological polar surface area (TPSA) is 34.9 Å². The first-order chi connectivity index (χ1) is 7.19. The lowest BCUT2D eigenvalue weighted by molar-refractivity contribution is 0.112. The van der Waals surface area contributed by atoms with Gasteiger partial charge in [-0.05, 0) is 31.2 Å². The van der Waals surface area contributed by atoms with Crippen LogP contribution in [0.4, 0.5) is 4.39 Å². The number of rotatable bonds is 2. The van der Waals surface area contributed by atoms with Gasteiger partial charge in [-0.15, -0.1) is 0 Å². The first kappa shape index (κ1) is 9.58. The highest BCUT2D eigenvalue weighted by Gasteiger charge is 2.03. The molecular formula is C11H9FN2O. The Morgan fingerprint density at radius 2 is 2.20 bits per heavy atom. The number of carbonyl (C=O) groups is 1. The molecule has 0 unspecified atom stereocenters. The molecule has 0 saturated heterocycles. The lowest BCUT2D eigenvalue weighted by Crippen LogP contribution is -1.97. The lowest BCUT2D eigenvalue weighted by Gasteiger charge is -2.02. The summed E-state index contributed by atoms with van der Waals surface area (Å²) in [6.07, 6.45) is 2.33. The van der Waals surface area contributed by atoms with Crippen molar-refractivity contribution < 1.29 is 9.18 Å². The maximum atomic E-state index is 13.1. The SMILES string of the molecule is Cc1ccn(-c2cc(F)cc(C=O)c2)n1. The second-order valence-corrected chi connectivity index (χ2v) is 3.26. The van der Waals surface area contributed by atoms with E-state index < -0.39 is 5.82 Å². The first-order valence-electron chi connectivity index (χ1n) is 4.47. The molecule has 0 radical (unpaired) electrons. The quantitative estimate of drug-likeness (QED) is 0.702. The number of hydrogen-bond acceptors (Lipinski definition) is 2. The molecular weight excluding hydrogens is 195 g/mol. The first-order valence-corrected chi connectivity index (χ1v) is 4.47. The van der Waals surface area contributed by atoms with Gasteiger partial charge in [0.05, 0.1) is 11.4 Å². The molecule has 15 heavy (non-hydrogen) atoms. The third-order valence-corrected chi connectivity index (χ3v) is 2.03. The Bertz CT molecular complexity index is 505. The van der Waals surface area contributed by atoms with Gasteiger partial charge in [0.1, 0.15) is 12.1 Å². The number of aldehydes is 1. The van der Waals surface area contributed by atoms with E-state index >= 15 is 0 Å². The number of hydrogen-bond donors (Lipinski definition) is 0. The van der Waals surface area contributed by atoms with Crippen LogP contribution in [0.1, 0.15) is 16.1 Å². The zero-order chi connectivity index (χ0) is 10.8. The molecule has 76 valence electrons. The number of carbonyl (C=O) groups excluding carboxylic acids is 1. The van der Waals surface area contributed by atoms with Crippen LogP contribution >= 0.6 is 0 Å². The highest BCUT2D eigenvalue weighted by Crippen LogP contribution is 2.12. The summed E-state index contributed by atoms with van der Waals surface area (Å²) in [5.41, 5.74) is 1.69. The molecule has 2 aromatic rings. The second kappa shape index (κ2) is 3.65. The molecule has 1 heterocycles. The number of nitrogens with zero attached hydrogens (tertiary/aromatic N) is 2. The molecule has 2 rings (SSSR count). The van der Waals surface area contributed by atoms with Crippen LogP contribution < -0.4 is 0 Å². The Kier molecular flexibility index (Phi) is 2.33. The zero-order valence-corrected chi connectivity index (χ0v) is 8.14. The standard InChI is InChI=1S/C11H9FN2O/c1-8-2-3-14(13-8)11-5-9(7-15)4-10(12)6-11/h2-7H,1H3. The molecule has 1 aromatic carbocycles. The molecule has 0 atom stereocenters. The minimum absolute atomic E-state index is 0.304. The van der Waals surface area contributed by atoms with Crippen molar-refractivity contribution in [2.75, 3.05) is 0 Å². The third-order valence-electron chi connectivity index (χ3n) is 2.03. The summed E-state index contributed by atoms with van der Waals surface area (Å²) in [6, 6.07) is 5.92. The van der Waals surface area contributed by atoms with Crippen LogP contribution in [0.25, 0.3) is 5.69 Å². The molecule has 0 spiro atoms. The van der Waals surface area contributed by atoms with E-state index in [9.17, 15) is 9.18 Å². The molecule has 0 bridgehead atoms. The number of benzene rings is 1. The highest BCUT2D eigenvalue weighted by molar-refractivity contribution is 5.75. The van der Waals surface area contributed by atoms with E-state index in [0.29, 0.717) is 17.5 Å². The fourth-order valence-electron chi connectivity index (χ4n) is 1.36. The van der Waals surface area contributed by atoms with Gasteiger partial charge >= 0.3 is 0 Å². The van der Waals surface area contributed by atoms with Crippen LogP contribution in [0.5, 0.6) is 0 Å². The molecule has 3 nitrogen and oxygen atoms in total. The fourth-order valence-corrected chi connectivity index (χ4v) is 1.36. The van der Waals surface area contributed by atoms with Crippen molar-refractivity contribution in [3.05, 3.63) is 47.5 Å². The third kappa shape index (κ3) is 1.93. The van der Waals surface area contributed by atoms with Gasteiger partial charge < -0.3 is 0 Å². The summed E-state index contributed by atoms with van der Waals surface area (Å²) in [5.74, 6) is -0.442. The summed E-state index contributed by atoms with van der Waals surface area (Å²) in [7, 11) is 0. The van der Waals surface area contributed by atoms with Crippen molar-refractivity contribution in [1.29, 1.82) is 0 Å². The minimum atomic E-state index is -0.442. The zero-order valence-electron chi connectivity index (χ0n) is 8.14. The van der Waals surface area contributed by atoms with Gasteiger partial charge in [-0.2, -0.15) is 5.10 Å². The van der Waals surface area contributed by atoms with E-state index in [1.807, 2.05) is 13.0 Å². The Balaban J connectivity index is 2.52. The summed E-state index contributed by atoms with van der Waals surface area (Å²) in [5, 5.41) is 4.13. The summed E-state index contributed by atoms with van der Waals surface area (Å²) in [6.45, 7) is 1.84. The average Bonchev–Trinajstić information content (AvgIpc) is 2.64. The number of aryl methyl sites for hydroxylation is 1. The molecule has 0 amide bonds. The fraction of sp³-hybridized carbons (Fsp3) is 0.0909. The van der Waals surface area contributed by atoms with Crippen molar-refractivity contribution >= 4 is 6.29 Å². The van der Waals surface area contributed by atoms with Crippen molar-refractivity contribution in [2.45, 2.75) is 6.92 Å². The van der Waals surface area contributed by atoms with E-state index in [-0.39, 0.29) is 0 Å². The van der Waals surface area contributed by atoms with Gasteiger partial charge in [-0.25, -0.2) is 9.07 Å². The van der Waals surface area contributed by atoms with E-state index in [2.05, 4.69) is 5.10 Å². The summed E-state index contributed by atoms with van der Waals surface area (Å²) in [4.78, 5) is 10.6. The smallest absolute Gasteiger partial charge is 0.150 e. The van der Waals surface area contributed by atoms with Gasteiger partial charge in [-0.3, -0.25) is 4.79 Å². The monoisotopic (exact) mass is 204 g/mol. The summed E-state index contributed by atoms with van der Waals surface area (Å²) < 4.78 is 14.6. The summed E-state index contributed by atoms with van der Waals surface area (Å²) >= 11 is 0. The van der Waals surface area contributed by atoms with Crippen molar-refractivity contribution in [3.8, 4) is 5.69 Å². The average molecular weight is 204 g/mol. The number of aromatic nitrogens is 2. The van der Waals surface area contributed by atoms with E-state index in [0.717, 1.165) is 5.69 Å². The van der Waals surface area contributed by atoms with Crippen LogP contribution in [0.3, 0.4) is 0 Å². The molecule has 0 fully saturated rings. The minimum Gasteiger partial charge on any atom is -0.298 e. The van der Waals surface area contributed by atoms with Crippen LogP contribution in [0, 0.1) is 12.7 Å². The maximum absolute atomic E-state index is 13.1. The van der Waals surface area contributed by atoms with Gasteiger partial charge in [0.25, 0.3) is 0 Å². The Morgan fingerprint density at radius 3 is 2.80 bits per heavy atom. The predicted molar refractivity (Wildman–Crippen MR) is 53.6 cm³/mol. The van der Waals surface area contributed by atoms with Gasteiger partial charge in [0, 0.05) is 11.8 Å². The van der Waals surface area contributed by atoms with Crippen LogP contribution in [-0.2, 0) is 0 Å². The van der Waals surface area contributed by atoms with Crippen molar-refractivity contribution in [2.24, 2.45) is 0 Å². The molecule has 0 aliphatic carbocycles.